The maximum absolute atomic E-state index is 13.1. The van der Waals surface area contributed by atoms with Crippen LogP contribution in [0.2, 0.25) is 0 Å². The second-order valence-corrected chi connectivity index (χ2v) is 6.47. The first kappa shape index (κ1) is 18.4. The van der Waals surface area contributed by atoms with Crippen molar-refractivity contribution < 1.29 is 4.39 Å². The summed E-state index contributed by atoms with van der Waals surface area (Å²) in [5.74, 6) is 0.595. The number of thiazole rings is 1. The Balaban J connectivity index is 1.89. The fourth-order valence-electron chi connectivity index (χ4n) is 2.34. The van der Waals surface area contributed by atoms with Crippen LogP contribution in [0.3, 0.4) is 0 Å². The van der Waals surface area contributed by atoms with Gasteiger partial charge >= 0.3 is 0 Å². The number of hydrogen-bond donors (Lipinski definition) is 2. The van der Waals surface area contributed by atoms with E-state index in [9.17, 15) is 4.39 Å². The molecule has 6 heteroatoms. The minimum atomic E-state index is -0.186. The average Bonchev–Trinajstić information content (AvgIpc) is 3.02. The van der Waals surface area contributed by atoms with E-state index in [0.29, 0.717) is 6.54 Å². The molecule has 0 atom stereocenters. The zero-order valence-electron chi connectivity index (χ0n) is 14.5. The number of hydrogen-bond acceptors (Lipinski definition) is 3. The van der Waals surface area contributed by atoms with E-state index in [-0.39, 0.29) is 5.82 Å². The summed E-state index contributed by atoms with van der Waals surface area (Å²) < 4.78 is 13.1. The summed E-state index contributed by atoms with van der Waals surface area (Å²) in [6.07, 6.45) is 1.79. The zero-order valence-corrected chi connectivity index (χ0v) is 15.3. The molecule has 1 aromatic carbocycles. The molecule has 0 saturated carbocycles. The Hall–Kier alpha value is -1.95. The van der Waals surface area contributed by atoms with Crippen molar-refractivity contribution >= 4 is 17.3 Å². The lowest BCUT2D eigenvalue weighted by molar-refractivity contribution is 0.625. The highest BCUT2D eigenvalue weighted by atomic mass is 32.1. The molecule has 0 aliphatic carbocycles. The minimum Gasteiger partial charge on any atom is -0.357 e. The third kappa shape index (κ3) is 5.60. The summed E-state index contributed by atoms with van der Waals surface area (Å²) in [7, 11) is 0. The Morgan fingerprint density at radius 3 is 2.79 bits per heavy atom. The van der Waals surface area contributed by atoms with Crippen molar-refractivity contribution in [3.8, 4) is 0 Å². The molecule has 1 heterocycles. The molecule has 0 aliphatic heterocycles. The van der Waals surface area contributed by atoms with E-state index in [1.54, 1.807) is 17.4 Å². The molecule has 0 unspecified atom stereocenters. The van der Waals surface area contributed by atoms with Crippen LogP contribution in [0.25, 0.3) is 0 Å². The number of nitrogens with zero attached hydrogens (tertiary/aromatic N) is 2. The Bertz CT molecular complexity index is 681. The lowest BCUT2D eigenvalue weighted by atomic mass is 10.1. The number of aromatic nitrogens is 1. The molecular weight excluding hydrogens is 323 g/mol. The summed E-state index contributed by atoms with van der Waals surface area (Å²) in [5.41, 5.74) is 3.13. The van der Waals surface area contributed by atoms with Gasteiger partial charge < -0.3 is 10.6 Å². The van der Waals surface area contributed by atoms with Crippen molar-refractivity contribution in [1.29, 1.82) is 0 Å². The van der Waals surface area contributed by atoms with Crippen LogP contribution in [0.15, 0.2) is 28.6 Å². The molecule has 1 aromatic heterocycles. The number of nitrogens with one attached hydrogen (secondary N) is 2. The van der Waals surface area contributed by atoms with Gasteiger partial charge in [0.25, 0.3) is 0 Å². The summed E-state index contributed by atoms with van der Waals surface area (Å²) in [5, 5.41) is 9.77. The molecule has 2 rings (SSSR count). The number of guanidine groups is 1. The average molecular weight is 348 g/mol. The van der Waals surface area contributed by atoms with E-state index in [1.165, 1.54) is 6.07 Å². The molecule has 0 radical (unpaired) electrons. The second kappa shape index (κ2) is 9.37. The van der Waals surface area contributed by atoms with Crippen molar-refractivity contribution in [3.05, 3.63) is 51.2 Å². The lowest BCUT2D eigenvalue weighted by Crippen LogP contribution is -2.38. The van der Waals surface area contributed by atoms with Crippen LogP contribution in [0.1, 0.15) is 35.7 Å². The van der Waals surface area contributed by atoms with Crippen LogP contribution in [-0.2, 0) is 19.4 Å². The van der Waals surface area contributed by atoms with Crippen LogP contribution in [0.4, 0.5) is 4.39 Å². The highest BCUT2D eigenvalue weighted by Crippen LogP contribution is 2.11. The Kier molecular flexibility index (Phi) is 7.18. The molecule has 0 saturated heterocycles. The molecule has 0 spiro atoms. The van der Waals surface area contributed by atoms with Gasteiger partial charge in [-0.1, -0.05) is 13.0 Å². The molecule has 0 amide bonds. The van der Waals surface area contributed by atoms with Gasteiger partial charge in [0.05, 0.1) is 17.2 Å². The second-order valence-electron chi connectivity index (χ2n) is 5.53. The molecule has 0 aliphatic rings. The van der Waals surface area contributed by atoms with Gasteiger partial charge in [-0.2, -0.15) is 0 Å². The van der Waals surface area contributed by atoms with Gasteiger partial charge in [0, 0.05) is 18.5 Å². The van der Waals surface area contributed by atoms with Crippen molar-refractivity contribution in [1.82, 2.24) is 15.6 Å². The largest absolute Gasteiger partial charge is 0.357 e. The predicted molar refractivity (Wildman–Crippen MR) is 99.2 cm³/mol. The highest BCUT2D eigenvalue weighted by molar-refractivity contribution is 7.09. The summed E-state index contributed by atoms with van der Waals surface area (Å²) in [4.78, 5) is 9.11. The molecule has 130 valence electrons. The minimum absolute atomic E-state index is 0.186. The van der Waals surface area contributed by atoms with E-state index in [0.717, 1.165) is 53.7 Å². The number of aliphatic imine (C=N–C) groups is 1. The summed E-state index contributed by atoms with van der Waals surface area (Å²) in [6.45, 7) is 8.20. The lowest BCUT2D eigenvalue weighted by Gasteiger charge is -2.12. The van der Waals surface area contributed by atoms with Crippen LogP contribution in [0.5, 0.6) is 0 Å². The summed E-state index contributed by atoms with van der Waals surface area (Å²) >= 11 is 1.68. The Morgan fingerprint density at radius 2 is 2.12 bits per heavy atom. The van der Waals surface area contributed by atoms with Crippen molar-refractivity contribution in [2.75, 3.05) is 13.1 Å². The third-order valence-electron chi connectivity index (χ3n) is 3.64. The topological polar surface area (TPSA) is 49.3 Å². The molecule has 2 aromatic rings. The van der Waals surface area contributed by atoms with Crippen molar-refractivity contribution in [2.24, 2.45) is 4.99 Å². The number of halogens is 1. The highest BCUT2D eigenvalue weighted by Gasteiger charge is 2.03. The van der Waals surface area contributed by atoms with E-state index in [2.05, 4.69) is 32.9 Å². The van der Waals surface area contributed by atoms with Gasteiger partial charge in [-0.15, -0.1) is 11.3 Å². The molecule has 2 N–H and O–H groups in total. The van der Waals surface area contributed by atoms with Gasteiger partial charge in [0.1, 0.15) is 5.82 Å². The first-order chi connectivity index (χ1) is 11.6. The molecule has 4 nitrogen and oxygen atoms in total. The van der Waals surface area contributed by atoms with Crippen LogP contribution >= 0.6 is 11.3 Å². The van der Waals surface area contributed by atoms with E-state index in [4.69, 9.17) is 0 Å². The number of aryl methyl sites for hydroxylation is 2. The summed E-state index contributed by atoms with van der Waals surface area (Å²) in [6, 6.07) is 4.93. The maximum atomic E-state index is 13.1. The van der Waals surface area contributed by atoms with E-state index < -0.39 is 0 Å². The van der Waals surface area contributed by atoms with Gasteiger partial charge in [0.15, 0.2) is 5.96 Å². The van der Waals surface area contributed by atoms with E-state index in [1.807, 2.05) is 19.9 Å². The van der Waals surface area contributed by atoms with Gasteiger partial charge in [-0.25, -0.2) is 14.4 Å². The smallest absolute Gasteiger partial charge is 0.191 e. The first-order valence-electron chi connectivity index (χ1n) is 8.32. The number of rotatable bonds is 7. The fraction of sp³-hybridized carbons (Fsp3) is 0.444. The van der Waals surface area contributed by atoms with Crippen molar-refractivity contribution in [3.63, 3.8) is 0 Å². The normalized spacial score (nSPS) is 11.6. The Labute approximate surface area is 147 Å². The maximum Gasteiger partial charge on any atom is 0.191 e. The SMILES string of the molecule is CCNC(=NCc1csc(CC)n1)NCCc1ccc(F)cc1C. The quantitative estimate of drug-likeness (QED) is 0.595. The fourth-order valence-corrected chi connectivity index (χ4v) is 3.08. The molecular formula is C18H25FN4S. The molecule has 0 bridgehead atoms. The monoisotopic (exact) mass is 348 g/mol. The van der Waals surface area contributed by atoms with Crippen LogP contribution < -0.4 is 10.6 Å². The first-order valence-corrected chi connectivity index (χ1v) is 9.20. The van der Waals surface area contributed by atoms with E-state index >= 15 is 0 Å². The standard InChI is InChI=1S/C18H25FN4S/c1-4-17-23-16(12-24-17)11-22-18(20-5-2)21-9-8-14-6-7-15(19)10-13(14)3/h6-7,10,12H,4-5,8-9,11H2,1-3H3,(H2,20,21,22). The van der Waals surface area contributed by atoms with Crippen LogP contribution in [-0.4, -0.2) is 24.0 Å². The number of benzene rings is 1. The predicted octanol–water partition coefficient (Wildman–Crippen LogP) is 3.45. The Morgan fingerprint density at radius 1 is 1.29 bits per heavy atom. The zero-order chi connectivity index (χ0) is 17.4. The van der Waals surface area contributed by atoms with Crippen molar-refractivity contribution in [2.45, 2.75) is 40.2 Å². The molecule has 0 fully saturated rings. The van der Waals surface area contributed by atoms with Gasteiger partial charge in [0.2, 0.25) is 0 Å². The van der Waals surface area contributed by atoms with Gasteiger partial charge in [-0.3, -0.25) is 0 Å². The molecule has 24 heavy (non-hydrogen) atoms. The third-order valence-corrected chi connectivity index (χ3v) is 4.68. The van der Waals surface area contributed by atoms with Crippen LogP contribution in [0, 0.1) is 12.7 Å². The van der Waals surface area contributed by atoms with Gasteiger partial charge in [-0.05, 0) is 49.9 Å².